The van der Waals surface area contributed by atoms with Crippen LogP contribution in [0.1, 0.15) is 17.7 Å². The van der Waals surface area contributed by atoms with Crippen LogP contribution >= 0.6 is 11.3 Å². The highest BCUT2D eigenvalue weighted by Crippen LogP contribution is 2.14. The summed E-state index contributed by atoms with van der Waals surface area (Å²) in [5, 5.41) is 5.76. The van der Waals surface area contributed by atoms with Crippen LogP contribution in [0.4, 0.5) is 0 Å². The van der Waals surface area contributed by atoms with Crippen LogP contribution < -0.4 is 5.32 Å². The van der Waals surface area contributed by atoms with Gasteiger partial charge in [-0.3, -0.25) is 0 Å². The van der Waals surface area contributed by atoms with Gasteiger partial charge in [0.1, 0.15) is 0 Å². The van der Waals surface area contributed by atoms with E-state index < -0.39 is 0 Å². The molecule has 0 atom stereocenters. The third kappa shape index (κ3) is 3.89. The number of hydrogen-bond acceptors (Lipinski definition) is 3. The number of hydrogen-bond donors (Lipinski definition) is 1. The van der Waals surface area contributed by atoms with Crippen molar-refractivity contribution in [1.29, 1.82) is 0 Å². The lowest BCUT2D eigenvalue weighted by molar-refractivity contribution is 0.216. The standard InChI is InChI=1S/C13H22N2S/c1-15-8-5-12(6-9-15)11-14-7-4-13-3-2-10-16-13/h2-3,10,12,14H,4-9,11H2,1H3. The van der Waals surface area contributed by atoms with Gasteiger partial charge in [-0.05, 0) is 69.9 Å². The van der Waals surface area contributed by atoms with E-state index in [9.17, 15) is 0 Å². The first kappa shape index (κ1) is 12.1. The van der Waals surface area contributed by atoms with E-state index in [2.05, 4.69) is 34.8 Å². The number of piperidine rings is 1. The maximum atomic E-state index is 3.60. The number of nitrogens with one attached hydrogen (secondary N) is 1. The lowest BCUT2D eigenvalue weighted by Gasteiger charge is -2.29. The predicted molar refractivity (Wildman–Crippen MR) is 71.1 cm³/mol. The minimum atomic E-state index is 0.902. The molecule has 1 aliphatic rings. The molecule has 0 amide bonds. The van der Waals surface area contributed by atoms with Crippen molar-refractivity contribution < 1.29 is 0 Å². The topological polar surface area (TPSA) is 15.3 Å². The van der Waals surface area contributed by atoms with Crippen molar-refractivity contribution in [3.63, 3.8) is 0 Å². The Balaban J connectivity index is 1.55. The fraction of sp³-hybridized carbons (Fsp3) is 0.692. The van der Waals surface area contributed by atoms with E-state index in [0.717, 1.165) is 12.5 Å². The number of rotatable bonds is 5. The number of nitrogens with zero attached hydrogens (tertiary/aromatic N) is 1. The van der Waals surface area contributed by atoms with Gasteiger partial charge in [0.2, 0.25) is 0 Å². The smallest absolute Gasteiger partial charge is 0.00578 e. The van der Waals surface area contributed by atoms with Crippen molar-refractivity contribution in [1.82, 2.24) is 10.2 Å². The lowest BCUT2D eigenvalue weighted by Crippen LogP contribution is -2.35. The average molecular weight is 238 g/mol. The fourth-order valence-electron chi connectivity index (χ4n) is 2.24. The van der Waals surface area contributed by atoms with Gasteiger partial charge in [-0.2, -0.15) is 0 Å². The van der Waals surface area contributed by atoms with E-state index in [4.69, 9.17) is 0 Å². The van der Waals surface area contributed by atoms with Crippen LogP contribution in [0.25, 0.3) is 0 Å². The highest BCUT2D eigenvalue weighted by Gasteiger charge is 2.15. The molecule has 0 aromatic carbocycles. The Morgan fingerprint density at radius 3 is 2.94 bits per heavy atom. The molecule has 0 bridgehead atoms. The van der Waals surface area contributed by atoms with Gasteiger partial charge in [0.25, 0.3) is 0 Å². The molecule has 1 N–H and O–H groups in total. The molecule has 0 unspecified atom stereocenters. The zero-order valence-corrected chi connectivity index (χ0v) is 10.9. The molecule has 2 heterocycles. The zero-order chi connectivity index (χ0) is 11.2. The minimum Gasteiger partial charge on any atom is -0.316 e. The minimum absolute atomic E-state index is 0.902. The third-order valence-electron chi connectivity index (χ3n) is 3.40. The highest BCUT2D eigenvalue weighted by atomic mass is 32.1. The summed E-state index contributed by atoms with van der Waals surface area (Å²) in [6.07, 6.45) is 3.91. The Morgan fingerprint density at radius 1 is 1.44 bits per heavy atom. The molecule has 2 nitrogen and oxygen atoms in total. The van der Waals surface area contributed by atoms with Crippen LogP contribution in [0, 0.1) is 5.92 Å². The van der Waals surface area contributed by atoms with Crippen LogP contribution in [0.15, 0.2) is 17.5 Å². The first-order valence-electron chi connectivity index (χ1n) is 6.26. The van der Waals surface area contributed by atoms with Crippen molar-refractivity contribution in [2.75, 3.05) is 33.2 Å². The highest BCUT2D eigenvalue weighted by molar-refractivity contribution is 7.09. The second-order valence-electron chi connectivity index (χ2n) is 4.78. The molecule has 1 aromatic rings. The summed E-state index contributed by atoms with van der Waals surface area (Å²) in [4.78, 5) is 3.93. The first-order valence-corrected chi connectivity index (χ1v) is 7.14. The summed E-state index contributed by atoms with van der Waals surface area (Å²) in [5.41, 5.74) is 0. The van der Waals surface area contributed by atoms with E-state index >= 15 is 0 Å². The van der Waals surface area contributed by atoms with Crippen LogP contribution in [0.3, 0.4) is 0 Å². The lowest BCUT2D eigenvalue weighted by atomic mass is 9.97. The fourth-order valence-corrected chi connectivity index (χ4v) is 2.95. The zero-order valence-electron chi connectivity index (χ0n) is 10.1. The molecule has 0 aliphatic carbocycles. The van der Waals surface area contributed by atoms with Gasteiger partial charge in [0.05, 0.1) is 0 Å². The maximum absolute atomic E-state index is 3.60. The van der Waals surface area contributed by atoms with Gasteiger partial charge in [0, 0.05) is 4.88 Å². The van der Waals surface area contributed by atoms with Gasteiger partial charge >= 0.3 is 0 Å². The van der Waals surface area contributed by atoms with E-state index in [1.54, 1.807) is 0 Å². The number of likely N-dealkylation sites (tertiary alicyclic amines) is 1. The molecule has 90 valence electrons. The van der Waals surface area contributed by atoms with Crippen LogP contribution in [0.2, 0.25) is 0 Å². The normalized spacial score (nSPS) is 19.1. The van der Waals surface area contributed by atoms with Crippen molar-refractivity contribution >= 4 is 11.3 Å². The van der Waals surface area contributed by atoms with Crippen molar-refractivity contribution in [3.8, 4) is 0 Å². The summed E-state index contributed by atoms with van der Waals surface area (Å²) < 4.78 is 0. The van der Waals surface area contributed by atoms with Crippen molar-refractivity contribution in [2.24, 2.45) is 5.92 Å². The van der Waals surface area contributed by atoms with Crippen LogP contribution in [0.5, 0.6) is 0 Å². The molecule has 3 heteroatoms. The van der Waals surface area contributed by atoms with Gasteiger partial charge < -0.3 is 10.2 Å². The van der Waals surface area contributed by atoms with Crippen LogP contribution in [-0.4, -0.2) is 38.1 Å². The molecule has 0 spiro atoms. The van der Waals surface area contributed by atoms with Crippen LogP contribution in [-0.2, 0) is 6.42 Å². The summed E-state index contributed by atoms with van der Waals surface area (Å²) in [7, 11) is 2.22. The molecular weight excluding hydrogens is 216 g/mol. The SMILES string of the molecule is CN1CCC(CNCCc2cccs2)CC1. The summed E-state index contributed by atoms with van der Waals surface area (Å²) in [6, 6.07) is 4.36. The summed E-state index contributed by atoms with van der Waals surface area (Å²) in [5.74, 6) is 0.902. The van der Waals surface area contributed by atoms with E-state index in [0.29, 0.717) is 0 Å². The van der Waals surface area contributed by atoms with Gasteiger partial charge in [-0.1, -0.05) is 6.07 Å². The summed E-state index contributed by atoms with van der Waals surface area (Å²) >= 11 is 1.86. The third-order valence-corrected chi connectivity index (χ3v) is 4.34. The molecule has 1 fully saturated rings. The Hall–Kier alpha value is -0.380. The largest absolute Gasteiger partial charge is 0.316 e. The second kappa shape index (κ2) is 6.38. The Labute approximate surface area is 103 Å². The molecule has 0 saturated carbocycles. The maximum Gasteiger partial charge on any atom is 0.00578 e. The molecule has 2 rings (SSSR count). The summed E-state index contributed by atoms with van der Waals surface area (Å²) in [6.45, 7) is 4.89. The predicted octanol–water partition coefficient (Wildman–Crippen LogP) is 2.22. The Kier molecular flexibility index (Phi) is 4.82. The van der Waals surface area contributed by atoms with Gasteiger partial charge in [-0.15, -0.1) is 11.3 Å². The Bertz CT molecular complexity index is 276. The molecule has 0 radical (unpaired) electrons. The van der Waals surface area contributed by atoms with Crippen molar-refractivity contribution in [2.45, 2.75) is 19.3 Å². The van der Waals surface area contributed by atoms with Crippen molar-refractivity contribution in [3.05, 3.63) is 22.4 Å². The Morgan fingerprint density at radius 2 is 2.25 bits per heavy atom. The molecule has 1 aromatic heterocycles. The van der Waals surface area contributed by atoms with Gasteiger partial charge in [0.15, 0.2) is 0 Å². The van der Waals surface area contributed by atoms with E-state index in [1.807, 2.05) is 11.3 Å². The van der Waals surface area contributed by atoms with Gasteiger partial charge in [-0.25, -0.2) is 0 Å². The average Bonchev–Trinajstić information content (AvgIpc) is 2.80. The quantitative estimate of drug-likeness (QED) is 0.791. The molecular formula is C13H22N2S. The molecule has 1 aliphatic heterocycles. The number of thiophene rings is 1. The first-order chi connectivity index (χ1) is 7.84. The monoisotopic (exact) mass is 238 g/mol. The second-order valence-corrected chi connectivity index (χ2v) is 5.81. The molecule has 1 saturated heterocycles. The van der Waals surface area contributed by atoms with E-state index in [1.165, 1.54) is 43.8 Å². The van der Waals surface area contributed by atoms with E-state index in [-0.39, 0.29) is 0 Å². The molecule has 16 heavy (non-hydrogen) atoms.